The molecule has 1 aromatic carbocycles. The number of carbonyl (C=O) groups excluding carboxylic acids is 1. The number of aromatic nitrogens is 1. The van der Waals surface area contributed by atoms with Crippen molar-refractivity contribution in [3.05, 3.63) is 40.5 Å². The SMILES string of the molecule is CC(C)c1cc(-c2cc(Cl)ccc2OCC(N)=O)c(C#N)c(N)n1. The van der Waals surface area contributed by atoms with Gasteiger partial charge in [-0.3, -0.25) is 4.79 Å². The first-order valence-corrected chi connectivity index (χ1v) is 7.62. The number of halogens is 1. The minimum Gasteiger partial charge on any atom is -0.483 e. The number of nitrogens with zero attached hydrogens (tertiary/aromatic N) is 2. The van der Waals surface area contributed by atoms with Crippen LogP contribution in [0.4, 0.5) is 5.82 Å². The molecule has 0 saturated heterocycles. The van der Waals surface area contributed by atoms with Crippen LogP contribution in [0.1, 0.15) is 31.0 Å². The van der Waals surface area contributed by atoms with Crippen LogP contribution in [0.2, 0.25) is 5.02 Å². The molecule has 0 fully saturated rings. The fraction of sp³-hybridized carbons (Fsp3) is 0.235. The summed E-state index contributed by atoms with van der Waals surface area (Å²) in [6.45, 7) is 3.66. The number of hydrogen-bond donors (Lipinski definition) is 2. The summed E-state index contributed by atoms with van der Waals surface area (Å²) in [6, 6.07) is 8.74. The number of rotatable bonds is 5. The van der Waals surface area contributed by atoms with Gasteiger partial charge in [0.1, 0.15) is 23.2 Å². The van der Waals surface area contributed by atoms with Gasteiger partial charge in [-0.05, 0) is 30.2 Å². The lowest BCUT2D eigenvalue weighted by Gasteiger charge is -2.15. The van der Waals surface area contributed by atoms with Gasteiger partial charge in [-0.25, -0.2) is 4.98 Å². The van der Waals surface area contributed by atoms with Crippen molar-refractivity contribution in [1.82, 2.24) is 4.98 Å². The zero-order valence-electron chi connectivity index (χ0n) is 13.3. The largest absolute Gasteiger partial charge is 0.483 e. The van der Waals surface area contributed by atoms with Gasteiger partial charge in [0, 0.05) is 21.8 Å². The van der Waals surface area contributed by atoms with Crippen molar-refractivity contribution >= 4 is 23.3 Å². The Kier molecular flexibility index (Phi) is 5.27. The zero-order chi connectivity index (χ0) is 17.9. The maximum Gasteiger partial charge on any atom is 0.255 e. The van der Waals surface area contributed by atoms with Crippen LogP contribution in [-0.4, -0.2) is 17.5 Å². The summed E-state index contributed by atoms with van der Waals surface area (Å²) in [4.78, 5) is 15.3. The van der Waals surface area contributed by atoms with E-state index in [4.69, 9.17) is 27.8 Å². The van der Waals surface area contributed by atoms with Gasteiger partial charge in [0.15, 0.2) is 6.61 Å². The molecule has 0 aliphatic heterocycles. The van der Waals surface area contributed by atoms with E-state index in [1.165, 1.54) is 0 Å². The van der Waals surface area contributed by atoms with Crippen LogP contribution in [0.25, 0.3) is 11.1 Å². The number of hydrogen-bond acceptors (Lipinski definition) is 5. The van der Waals surface area contributed by atoms with Crippen molar-refractivity contribution in [2.24, 2.45) is 5.73 Å². The van der Waals surface area contributed by atoms with Gasteiger partial charge in [0.25, 0.3) is 5.91 Å². The summed E-state index contributed by atoms with van der Waals surface area (Å²) in [5.41, 5.74) is 13.1. The average Bonchev–Trinajstić information content (AvgIpc) is 2.52. The van der Waals surface area contributed by atoms with E-state index in [0.717, 1.165) is 5.69 Å². The lowest BCUT2D eigenvalue weighted by Crippen LogP contribution is -2.20. The Morgan fingerprint density at radius 1 is 1.38 bits per heavy atom. The Labute approximate surface area is 145 Å². The van der Waals surface area contributed by atoms with Gasteiger partial charge in [0.05, 0.1) is 0 Å². The molecule has 1 aromatic heterocycles. The molecule has 2 aromatic rings. The summed E-state index contributed by atoms with van der Waals surface area (Å²) in [5.74, 6) is 0.0380. The molecule has 6 nitrogen and oxygen atoms in total. The fourth-order valence-electron chi connectivity index (χ4n) is 2.20. The molecule has 0 saturated carbocycles. The third-order valence-corrected chi connectivity index (χ3v) is 3.61. The number of nitrogen functional groups attached to an aromatic ring is 1. The summed E-state index contributed by atoms with van der Waals surface area (Å²) in [7, 11) is 0. The highest BCUT2D eigenvalue weighted by molar-refractivity contribution is 6.31. The van der Waals surface area contributed by atoms with Crippen molar-refractivity contribution in [1.29, 1.82) is 5.26 Å². The maximum absolute atomic E-state index is 11.0. The predicted octanol–water partition coefficient (Wildman–Crippen LogP) is 2.84. The van der Waals surface area contributed by atoms with E-state index >= 15 is 0 Å². The Morgan fingerprint density at radius 2 is 2.08 bits per heavy atom. The second-order valence-electron chi connectivity index (χ2n) is 5.52. The van der Waals surface area contributed by atoms with Gasteiger partial charge in [0.2, 0.25) is 0 Å². The number of nitrogens with two attached hydrogens (primary N) is 2. The minimum absolute atomic E-state index is 0.118. The van der Waals surface area contributed by atoms with Crippen molar-refractivity contribution in [2.45, 2.75) is 19.8 Å². The molecule has 0 aliphatic carbocycles. The first kappa shape index (κ1) is 17.6. The molecular weight excluding hydrogens is 328 g/mol. The van der Waals surface area contributed by atoms with Gasteiger partial charge in [-0.15, -0.1) is 0 Å². The van der Waals surface area contributed by atoms with Crippen LogP contribution in [0.15, 0.2) is 24.3 Å². The monoisotopic (exact) mass is 344 g/mol. The van der Waals surface area contributed by atoms with Gasteiger partial charge in [-0.1, -0.05) is 25.4 Å². The number of primary amides is 1. The lowest BCUT2D eigenvalue weighted by molar-refractivity contribution is -0.119. The van der Waals surface area contributed by atoms with Crippen LogP contribution in [0.5, 0.6) is 5.75 Å². The summed E-state index contributed by atoms with van der Waals surface area (Å²) < 4.78 is 5.44. The highest BCUT2D eigenvalue weighted by atomic mass is 35.5. The van der Waals surface area contributed by atoms with Crippen molar-refractivity contribution in [2.75, 3.05) is 12.3 Å². The van der Waals surface area contributed by atoms with E-state index in [-0.39, 0.29) is 23.9 Å². The third-order valence-electron chi connectivity index (χ3n) is 3.37. The molecule has 0 bridgehead atoms. The number of amides is 1. The second kappa shape index (κ2) is 7.20. The molecule has 24 heavy (non-hydrogen) atoms. The van der Waals surface area contributed by atoms with E-state index in [9.17, 15) is 10.1 Å². The number of nitriles is 1. The Bertz CT molecular complexity index is 828. The molecule has 4 N–H and O–H groups in total. The molecule has 2 rings (SSSR count). The van der Waals surface area contributed by atoms with Crippen molar-refractivity contribution < 1.29 is 9.53 Å². The van der Waals surface area contributed by atoms with E-state index in [2.05, 4.69) is 11.1 Å². The summed E-state index contributed by atoms with van der Waals surface area (Å²) >= 11 is 6.09. The Balaban J connectivity index is 2.68. The molecule has 124 valence electrons. The topological polar surface area (TPSA) is 115 Å². The molecule has 0 aliphatic rings. The summed E-state index contributed by atoms with van der Waals surface area (Å²) in [6.07, 6.45) is 0. The van der Waals surface area contributed by atoms with E-state index < -0.39 is 5.91 Å². The maximum atomic E-state index is 11.0. The van der Waals surface area contributed by atoms with E-state index in [1.54, 1.807) is 24.3 Å². The van der Waals surface area contributed by atoms with Crippen LogP contribution >= 0.6 is 11.6 Å². The molecule has 1 heterocycles. The number of ether oxygens (including phenoxy) is 1. The molecule has 1 amide bonds. The number of carbonyl (C=O) groups is 1. The van der Waals surface area contributed by atoms with Crippen LogP contribution < -0.4 is 16.2 Å². The molecule has 0 radical (unpaired) electrons. The number of pyridine rings is 1. The minimum atomic E-state index is -0.603. The van der Waals surface area contributed by atoms with Crippen LogP contribution in [0.3, 0.4) is 0 Å². The van der Waals surface area contributed by atoms with E-state index in [0.29, 0.717) is 21.9 Å². The zero-order valence-corrected chi connectivity index (χ0v) is 14.1. The molecule has 0 spiro atoms. The van der Waals surface area contributed by atoms with Crippen LogP contribution in [0, 0.1) is 11.3 Å². The highest BCUT2D eigenvalue weighted by Crippen LogP contribution is 2.37. The average molecular weight is 345 g/mol. The Hall–Kier alpha value is -2.78. The predicted molar refractivity (Wildman–Crippen MR) is 92.6 cm³/mol. The summed E-state index contributed by atoms with van der Waals surface area (Å²) in [5, 5.41) is 9.91. The Morgan fingerprint density at radius 3 is 2.67 bits per heavy atom. The number of benzene rings is 1. The second-order valence-corrected chi connectivity index (χ2v) is 5.95. The number of anilines is 1. The normalized spacial score (nSPS) is 10.5. The highest BCUT2D eigenvalue weighted by Gasteiger charge is 2.18. The lowest BCUT2D eigenvalue weighted by atomic mass is 9.97. The van der Waals surface area contributed by atoms with Gasteiger partial charge < -0.3 is 16.2 Å². The third kappa shape index (κ3) is 3.76. The molecule has 0 unspecified atom stereocenters. The molecular formula is C17H17ClN4O2. The first-order valence-electron chi connectivity index (χ1n) is 7.25. The van der Waals surface area contributed by atoms with Crippen LogP contribution in [-0.2, 0) is 4.79 Å². The standard InChI is InChI=1S/C17H17ClN4O2/c1-9(2)14-6-11(13(7-19)17(21)22-14)12-5-10(18)3-4-15(12)24-8-16(20)23/h3-6,9H,8H2,1-2H3,(H2,20,23)(H2,21,22). The quantitative estimate of drug-likeness (QED) is 0.865. The van der Waals surface area contributed by atoms with Crippen molar-refractivity contribution in [3.63, 3.8) is 0 Å². The van der Waals surface area contributed by atoms with Gasteiger partial charge >= 0.3 is 0 Å². The fourth-order valence-corrected chi connectivity index (χ4v) is 2.37. The molecule has 7 heteroatoms. The van der Waals surface area contributed by atoms with Gasteiger partial charge in [-0.2, -0.15) is 5.26 Å². The van der Waals surface area contributed by atoms with Crippen molar-refractivity contribution in [3.8, 4) is 22.9 Å². The van der Waals surface area contributed by atoms with E-state index in [1.807, 2.05) is 13.8 Å². The molecule has 0 atom stereocenters. The smallest absolute Gasteiger partial charge is 0.255 e. The first-order chi connectivity index (χ1) is 11.3.